The van der Waals surface area contributed by atoms with Crippen LogP contribution < -0.4 is 10.6 Å². The van der Waals surface area contributed by atoms with Gasteiger partial charge in [-0.05, 0) is 31.4 Å². The Morgan fingerprint density at radius 1 is 1.37 bits per heavy atom. The summed E-state index contributed by atoms with van der Waals surface area (Å²) in [7, 11) is 0. The summed E-state index contributed by atoms with van der Waals surface area (Å²) in [5.74, 6) is -1.78. The van der Waals surface area contributed by atoms with Crippen LogP contribution in [-0.2, 0) is 0 Å². The van der Waals surface area contributed by atoms with E-state index in [1.807, 2.05) is 4.90 Å². The van der Waals surface area contributed by atoms with E-state index in [9.17, 15) is 8.78 Å². The Morgan fingerprint density at radius 2 is 2.05 bits per heavy atom. The van der Waals surface area contributed by atoms with Crippen LogP contribution in [0, 0.1) is 11.6 Å². The van der Waals surface area contributed by atoms with E-state index < -0.39 is 11.6 Å². The number of anilines is 1. The predicted molar refractivity (Wildman–Crippen MR) is 77.5 cm³/mol. The van der Waals surface area contributed by atoms with Crippen molar-refractivity contribution in [1.29, 1.82) is 0 Å². The molecule has 5 heteroatoms. The molecule has 0 aliphatic heterocycles. The van der Waals surface area contributed by atoms with Gasteiger partial charge in [-0.2, -0.15) is 0 Å². The molecule has 1 aromatic rings. The van der Waals surface area contributed by atoms with Crippen molar-refractivity contribution in [2.24, 2.45) is 5.73 Å². The van der Waals surface area contributed by atoms with Gasteiger partial charge in [0.1, 0.15) is 4.99 Å². The van der Waals surface area contributed by atoms with Crippen molar-refractivity contribution < 1.29 is 8.78 Å². The molecule has 1 saturated carbocycles. The predicted octanol–water partition coefficient (Wildman–Crippen LogP) is 3.37. The van der Waals surface area contributed by atoms with Crippen LogP contribution in [-0.4, -0.2) is 17.6 Å². The molecule has 0 heterocycles. The van der Waals surface area contributed by atoms with Crippen molar-refractivity contribution in [2.45, 2.75) is 38.6 Å². The highest BCUT2D eigenvalue weighted by Gasteiger charge is 2.31. The summed E-state index contributed by atoms with van der Waals surface area (Å²) in [6, 6.07) is 3.40. The minimum Gasteiger partial charge on any atom is -0.389 e. The minimum absolute atomic E-state index is 0.0255. The van der Waals surface area contributed by atoms with E-state index in [0.717, 1.165) is 32.2 Å². The van der Waals surface area contributed by atoms with Gasteiger partial charge in [0.15, 0.2) is 11.6 Å². The molecule has 104 valence electrons. The summed E-state index contributed by atoms with van der Waals surface area (Å²) in [4.78, 5) is 1.85. The van der Waals surface area contributed by atoms with Gasteiger partial charge in [0.05, 0.1) is 5.69 Å². The molecule has 2 N–H and O–H groups in total. The van der Waals surface area contributed by atoms with Gasteiger partial charge in [-0.25, -0.2) is 8.78 Å². The standard InChI is InChI=1S/C14H18F2N2S/c1-2-3-8-18(9-4-5-9)11-7-6-10(14(17)19)12(15)13(11)16/h6-7,9H,2-5,8H2,1H3,(H2,17,19). The number of unbranched alkanes of at least 4 members (excludes halogenated alkanes) is 1. The van der Waals surface area contributed by atoms with Crippen molar-refractivity contribution in [3.8, 4) is 0 Å². The van der Waals surface area contributed by atoms with Crippen LogP contribution in [0.4, 0.5) is 14.5 Å². The first-order valence-electron chi connectivity index (χ1n) is 6.60. The molecule has 0 bridgehead atoms. The van der Waals surface area contributed by atoms with Crippen molar-refractivity contribution in [1.82, 2.24) is 0 Å². The molecule has 1 aliphatic rings. The third-order valence-electron chi connectivity index (χ3n) is 3.38. The van der Waals surface area contributed by atoms with Crippen molar-refractivity contribution >= 4 is 22.9 Å². The lowest BCUT2D eigenvalue weighted by Crippen LogP contribution is -2.28. The van der Waals surface area contributed by atoms with Gasteiger partial charge < -0.3 is 10.6 Å². The molecule has 0 spiro atoms. The largest absolute Gasteiger partial charge is 0.389 e. The number of hydrogen-bond donors (Lipinski definition) is 1. The fourth-order valence-electron chi connectivity index (χ4n) is 2.17. The second kappa shape index (κ2) is 5.82. The van der Waals surface area contributed by atoms with E-state index in [2.05, 4.69) is 6.92 Å². The molecule has 0 unspecified atom stereocenters. The number of thiocarbonyl (C=S) groups is 1. The molecule has 1 fully saturated rings. The Bertz CT molecular complexity index is 487. The maximum atomic E-state index is 14.2. The minimum atomic E-state index is -0.938. The summed E-state index contributed by atoms with van der Waals surface area (Å²) in [5, 5.41) is 0. The van der Waals surface area contributed by atoms with Gasteiger partial charge in [0.2, 0.25) is 0 Å². The second-order valence-electron chi connectivity index (χ2n) is 4.90. The van der Waals surface area contributed by atoms with E-state index in [0.29, 0.717) is 11.7 Å². The van der Waals surface area contributed by atoms with Gasteiger partial charge in [-0.3, -0.25) is 0 Å². The Balaban J connectivity index is 2.32. The first-order chi connectivity index (χ1) is 9.06. The lowest BCUT2D eigenvalue weighted by Gasteiger charge is -2.25. The number of nitrogens with two attached hydrogens (primary N) is 1. The normalized spacial score (nSPS) is 14.5. The summed E-state index contributed by atoms with van der Waals surface area (Å²) in [6.07, 6.45) is 4.08. The molecule has 2 nitrogen and oxygen atoms in total. The molecule has 2 rings (SSSR count). The Labute approximate surface area is 117 Å². The molecule has 0 saturated heterocycles. The zero-order valence-corrected chi connectivity index (χ0v) is 11.8. The van der Waals surface area contributed by atoms with E-state index in [1.54, 1.807) is 6.07 Å². The van der Waals surface area contributed by atoms with E-state index in [1.165, 1.54) is 6.07 Å². The highest BCUT2D eigenvalue weighted by molar-refractivity contribution is 7.80. The van der Waals surface area contributed by atoms with E-state index in [-0.39, 0.29) is 10.6 Å². The van der Waals surface area contributed by atoms with Crippen LogP contribution in [0.3, 0.4) is 0 Å². The highest BCUT2D eigenvalue weighted by atomic mass is 32.1. The number of nitrogens with zero attached hydrogens (tertiary/aromatic N) is 1. The quantitative estimate of drug-likeness (QED) is 0.812. The van der Waals surface area contributed by atoms with Crippen LogP contribution in [0.1, 0.15) is 38.2 Å². The molecule has 0 atom stereocenters. The third kappa shape index (κ3) is 3.03. The molecular weight excluding hydrogens is 266 g/mol. The molecule has 1 aliphatic carbocycles. The Kier molecular flexibility index (Phi) is 4.34. The fraction of sp³-hybridized carbons (Fsp3) is 0.500. The molecular formula is C14H18F2N2S. The van der Waals surface area contributed by atoms with E-state index >= 15 is 0 Å². The van der Waals surface area contributed by atoms with Crippen molar-refractivity contribution in [2.75, 3.05) is 11.4 Å². The third-order valence-corrected chi connectivity index (χ3v) is 3.60. The second-order valence-corrected chi connectivity index (χ2v) is 5.34. The van der Waals surface area contributed by atoms with Crippen LogP contribution in [0.2, 0.25) is 0 Å². The zero-order chi connectivity index (χ0) is 14.0. The van der Waals surface area contributed by atoms with Gasteiger partial charge >= 0.3 is 0 Å². The number of benzene rings is 1. The SMILES string of the molecule is CCCCN(c1ccc(C(N)=S)c(F)c1F)C1CC1. The monoisotopic (exact) mass is 284 g/mol. The van der Waals surface area contributed by atoms with Gasteiger partial charge in [0, 0.05) is 18.2 Å². The van der Waals surface area contributed by atoms with E-state index in [4.69, 9.17) is 18.0 Å². The number of hydrogen-bond acceptors (Lipinski definition) is 2. The summed E-state index contributed by atoms with van der Waals surface area (Å²) < 4.78 is 28.1. The first-order valence-corrected chi connectivity index (χ1v) is 7.01. The lowest BCUT2D eigenvalue weighted by molar-refractivity contribution is 0.503. The molecule has 0 radical (unpaired) electrons. The molecule has 1 aromatic carbocycles. The smallest absolute Gasteiger partial charge is 0.182 e. The summed E-state index contributed by atoms with van der Waals surface area (Å²) in [5.41, 5.74) is 5.67. The van der Waals surface area contributed by atoms with Gasteiger partial charge in [-0.1, -0.05) is 25.6 Å². The average Bonchev–Trinajstić information content (AvgIpc) is 3.18. The zero-order valence-electron chi connectivity index (χ0n) is 11.0. The topological polar surface area (TPSA) is 29.3 Å². The maximum Gasteiger partial charge on any atom is 0.182 e. The highest BCUT2D eigenvalue weighted by Crippen LogP contribution is 2.34. The Morgan fingerprint density at radius 3 is 2.58 bits per heavy atom. The average molecular weight is 284 g/mol. The Hall–Kier alpha value is -1.23. The maximum absolute atomic E-state index is 14.2. The summed E-state index contributed by atoms with van der Waals surface area (Å²) in [6.45, 7) is 2.84. The number of halogens is 2. The molecule has 0 amide bonds. The first kappa shape index (κ1) is 14.2. The lowest BCUT2D eigenvalue weighted by atomic mass is 10.1. The fourth-order valence-corrected chi connectivity index (χ4v) is 2.32. The van der Waals surface area contributed by atoms with Crippen LogP contribution in [0.5, 0.6) is 0 Å². The van der Waals surface area contributed by atoms with Gasteiger partial charge in [0.25, 0.3) is 0 Å². The van der Waals surface area contributed by atoms with Crippen LogP contribution in [0.25, 0.3) is 0 Å². The molecule has 0 aromatic heterocycles. The van der Waals surface area contributed by atoms with Crippen LogP contribution in [0.15, 0.2) is 12.1 Å². The van der Waals surface area contributed by atoms with Crippen LogP contribution >= 0.6 is 12.2 Å². The van der Waals surface area contributed by atoms with Crippen molar-refractivity contribution in [3.63, 3.8) is 0 Å². The van der Waals surface area contributed by atoms with Gasteiger partial charge in [-0.15, -0.1) is 0 Å². The molecule has 19 heavy (non-hydrogen) atoms. The van der Waals surface area contributed by atoms with Crippen molar-refractivity contribution in [3.05, 3.63) is 29.3 Å². The summed E-state index contributed by atoms with van der Waals surface area (Å²) >= 11 is 4.71. The number of rotatable bonds is 6.